The van der Waals surface area contributed by atoms with Crippen molar-refractivity contribution in [1.29, 1.82) is 0 Å². The summed E-state index contributed by atoms with van der Waals surface area (Å²) < 4.78 is 5.22. The van der Waals surface area contributed by atoms with Crippen molar-refractivity contribution in [2.24, 2.45) is 0 Å². The van der Waals surface area contributed by atoms with Crippen LogP contribution in [0.2, 0.25) is 0 Å². The molecule has 0 aliphatic carbocycles. The van der Waals surface area contributed by atoms with Crippen molar-refractivity contribution in [1.82, 2.24) is 5.32 Å². The van der Waals surface area contributed by atoms with Gasteiger partial charge < -0.3 is 10.1 Å². The Labute approximate surface area is 123 Å². The number of rotatable bonds is 8. The van der Waals surface area contributed by atoms with Gasteiger partial charge in [0.2, 0.25) is 0 Å². The van der Waals surface area contributed by atoms with E-state index >= 15 is 0 Å². The first-order valence-electron chi connectivity index (χ1n) is 7.27. The first-order chi connectivity index (χ1) is 8.99. The van der Waals surface area contributed by atoms with E-state index in [1.807, 2.05) is 48.5 Å². The van der Waals surface area contributed by atoms with E-state index in [4.69, 9.17) is 14.5 Å². The Morgan fingerprint density at radius 3 is 2.15 bits per heavy atom. The Hall–Kier alpha value is -0.650. The number of nitrogens with one attached hydrogen (secondary N) is 1. The highest BCUT2D eigenvalue weighted by atomic mass is 17.2. The van der Waals surface area contributed by atoms with Crippen molar-refractivity contribution in [2.45, 2.75) is 78.6 Å². The van der Waals surface area contributed by atoms with Crippen LogP contribution in [0.3, 0.4) is 0 Å². The van der Waals surface area contributed by atoms with Gasteiger partial charge in [0.25, 0.3) is 0 Å². The van der Waals surface area contributed by atoms with Crippen LogP contribution in [0.5, 0.6) is 0 Å². The van der Waals surface area contributed by atoms with Gasteiger partial charge in [-0.25, -0.2) is 9.78 Å². The third-order valence-electron chi connectivity index (χ3n) is 2.12. The highest BCUT2D eigenvalue weighted by Gasteiger charge is 2.16. The fraction of sp³-hybridized carbons (Fsp3) is 0.933. The monoisotopic (exact) mass is 289 g/mol. The lowest BCUT2D eigenvalue weighted by Gasteiger charge is -2.21. The van der Waals surface area contributed by atoms with E-state index < -0.39 is 5.60 Å². The zero-order chi connectivity index (χ0) is 15.8. The summed E-state index contributed by atoms with van der Waals surface area (Å²) >= 11 is 0. The van der Waals surface area contributed by atoms with Gasteiger partial charge in [0.1, 0.15) is 5.60 Å². The van der Waals surface area contributed by atoms with E-state index in [0.29, 0.717) is 13.0 Å². The Kier molecular flexibility index (Phi) is 8.32. The van der Waals surface area contributed by atoms with Crippen LogP contribution in [-0.4, -0.2) is 36.4 Å². The Morgan fingerprint density at radius 2 is 1.65 bits per heavy atom. The van der Waals surface area contributed by atoms with Crippen molar-refractivity contribution in [2.75, 3.05) is 13.1 Å². The first kappa shape index (κ1) is 19.4. The van der Waals surface area contributed by atoms with Gasteiger partial charge >= 0.3 is 5.97 Å². The Morgan fingerprint density at radius 1 is 1.05 bits per heavy atom. The second-order valence-electron chi connectivity index (χ2n) is 6.98. The number of hydrogen-bond acceptors (Lipinski definition) is 5. The van der Waals surface area contributed by atoms with Crippen molar-refractivity contribution < 1.29 is 19.3 Å². The molecule has 120 valence electrons. The number of carbonyl (C=O) groups excluding carboxylic acids is 1. The standard InChI is InChI=1S/C15H31NO4/c1-12(19-20-15(5,6)7)8-10-16-11-9-13(17)18-14(2,3)4/h12,16H,8-11H2,1-7H3. The van der Waals surface area contributed by atoms with E-state index in [1.165, 1.54) is 0 Å². The second-order valence-corrected chi connectivity index (χ2v) is 6.98. The second kappa shape index (κ2) is 8.60. The first-order valence-corrected chi connectivity index (χ1v) is 7.27. The van der Waals surface area contributed by atoms with Crippen LogP contribution < -0.4 is 5.32 Å². The molecule has 0 bridgehead atoms. The molecule has 20 heavy (non-hydrogen) atoms. The summed E-state index contributed by atoms with van der Waals surface area (Å²) in [6.07, 6.45) is 1.22. The van der Waals surface area contributed by atoms with Crippen LogP contribution in [0.15, 0.2) is 0 Å². The van der Waals surface area contributed by atoms with Gasteiger partial charge in [0.15, 0.2) is 0 Å². The molecule has 1 atom stereocenters. The predicted molar refractivity (Wildman–Crippen MR) is 79.3 cm³/mol. The molecule has 0 heterocycles. The summed E-state index contributed by atoms with van der Waals surface area (Å²) in [5.41, 5.74) is -0.706. The van der Waals surface area contributed by atoms with Gasteiger partial charge in [-0.05, 0) is 61.4 Å². The van der Waals surface area contributed by atoms with E-state index in [2.05, 4.69) is 5.32 Å². The third kappa shape index (κ3) is 13.8. The minimum absolute atomic E-state index is 0.0169. The molecule has 0 saturated carbocycles. The molecule has 1 N–H and O–H groups in total. The highest BCUT2D eigenvalue weighted by Crippen LogP contribution is 2.10. The molecule has 1 unspecified atom stereocenters. The van der Waals surface area contributed by atoms with Gasteiger partial charge in [-0.15, -0.1) is 0 Å². The van der Waals surface area contributed by atoms with Crippen LogP contribution in [0.1, 0.15) is 61.3 Å². The van der Waals surface area contributed by atoms with E-state index in [-0.39, 0.29) is 17.7 Å². The lowest BCUT2D eigenvalue weighted by molar-refractivity contribution is -0.370. The number of carbonyl (C=O) groups is 1. The van der Waals surface area contributed by atoms with Crippen LogP contribution in [0.4, 0.5) is 0 Å². The summed E-state index contributed by atoms with van der Waals surface area (Å²) in [5, 5.41) is 3.19. The molecule has 0 aromatic heterocycles. The number of esters is 1. The lowest BCUT2D eigenvalue weighted by Crippen LogP contribution is -2.28. The SMILES string of the molecule is CC(CCNCCC(=O)OC(C)(C)C)OOC(C)(C)C. The van der Waals surface area contributed by atoms with Crippen LogP contribution >= 0.6 is 0 Å². The fourth-order valence-electron chi connectivity index (χ4n) is 1.29. The van der Waals surface area contributed by atoms with Crippen LogP contribution in [-0.2, 0) is 19.3 Å². The zero-order valence-electron chi connectivity index (χ0n) is 14.0. The number of hydrogen-bond donors (Lipinski definition) is 1. The minimum Gasteiger partial charge on any atom is -0.460 e. The van der Waals surface area contributed by atoms with Crippen LogP contribution in [0.25, 0.3) is 0 Å². The maximum atomic E-state index is 11.5. The van der Waals surface area contributed by atoms with Crippen LogP contribution in [0, 0.1) is 0 Å². The Balaban J connectivity index is 3.55. The molecule has 0 radical (unpaired) electrons. The van der Waals surface area contributed by atoms with Gasteiger partial charge in [0, 0.05) is 6.54 Å². The smallest absolute Gasteiger partial charge is 0.307 e. The molecule has 0 aliphatic heterocycles. The molecule has 0 aromatic rings. The van der Waals surface area contributed by atoms with Crippen molar-refractivity contribution in [3.63, 3.8) is 0 Å². The van der Waals surface area contributed by atoms with Crippen molar-refractivity contribution in [3.05, 3.63) is 0 Å². The maximum absolute atomic E-state index is 11.5. The summed E-state index contributed by atoms with van der Waals surface area (Å²) in [5.74, 6) is -0.176. The molecular weight excluding hydrogens is 258 g/mol. The lowest BCUT2D eigenvalue weighted by atomic mass is 10.2. The largest absolute Gasteiger partial charge is 0.460 e. The summed E-state index contributed by atoms with van der Waals surface area (Å²) in [7, 11) is 0. The maximum Gasteiger partial charge on any atom is 0.307 e. The summed E-state index contributed by atoms with van der Waals surface area (Å²) in [6.45, 7) is 14.8. The molecule has 0 amide bonds. The van der Waals surface area contributed by atoms with E-state index in [1.54, 1.807) is 0 Å². The minimum atomic E-state index is -0.413. The van der Waals surface area contributed by atoms with Gasteiger partial charge in [0.05, 0.1) is 18.1 Å². The molecule has 0 spiro atoms. The normalized spacial score (nSPS) is 14.2. The van der Waals surface area contributed by atoms with E-state index in [9.17, 15) is 4.79 Å². The average molecular weight is 289 g/mol. The fourth-order valence-corrected chi connectivity index (χ4v) is 1.29. The van der Waals surface area contributed by atoms with Gasteiger partial charge in [-0.1, -0.05) is 0 Å². The molecule has 5 nitrogen and oxygen atoms in total. The topological polar surface area (TPSA) is 56.8 Å². The van der Waals surface area contributed by atoms with Crippen molar-refractivity contribution in [3.8, 4) is 0 Å². The van der Waals surface area contributed by atoms with Crippen molar-refractivity contribution >= 4 is 5.97 Å². The van der Waals surface area contributed by atoms with E-state index in [0.717, 1.165) is 13.0 Å². The Bertz CT molecular complexity index is 279. The highest BCUT2D eigenvalue weighted by molar-refractivity contribution is 5.70. The van der Waals surface area contributed by atoms with Gasteiger partial charge in [-0.2, -0.15) is 0 Å². The molecule has 0 saturated heterocycles. The molecule has 0 aliphatic rings. The summed E-state index contributed by atoms with van der Waals surface area (Å²) in [4.78, 5) is 22.0. The molecule has 0 aromatic carbocycles. The number of ether oxygens (including phenoxy) is 1. The zero-order valence-corrected chi connectivity index (χ0v) is 14.0. The third-order valence-corrected chi connectivity index (χ3v) is 2.12. The average Bonchev–Trinajstić information content (AvgIpc) is 2.22. The van der Waals surface area contributed by atoms with Gasteiger partial charge in [-0.3, -0.25) is 4.79 Å². The summed E-state index contributed by atoms with van der Waals surface area (Å²) in [6, 6.07) is 0. The predicted octanol–water partition coefficient (Wildman–Crippen LogP) is 2.83. The molecule has 5 heteroatoms. The molecular formula is C15H31NO4. The molecule has 0 fully saturated rings. The molecule has 0 rings (SSSR count). The quantitative estimate of drug-likeness (QED) is 0.322.